The highest BCUT2D eigenvalue weighted by molar-refractivity contribution is 7.21. The first kappa shape index (κ1) is 27.6. The van der Waals surface area contributed by atoms with E-state index >= 15 is 0 Å². The van der Waals surface area contributed by atoms with Crippen LogP contribution >= 0.6 is 11.3 Å². The summed E-state index contributed by atoms with van der Waals surface area (Å²) < 4.78 is 5.97. The molecule has 44 heavy (non-hydrogen) atoms. The van der Waals surface area contributed by atoms with Crippen LogP contribution in [-0.4, -0.2) is 46.9 Å². The number of para-hydroxylation sites is 1. The molecule has 7 rings (SSSR count). The van der Waals surface area contributed by atoms with Gasteiger partial charge in [-0.25, -0.2) is 9.78 Å². The van der Waals surface area contributed by atoms with E-state index in [1.54, 1.807) is 28.1 Å². The Morgan fingerprint density at radius 3 is 2.68 bits per heavy atom. The molecule has 1 saturated carbocycles. The molecule has 220 valence electrons. The number of carbonyl (C=O) groups excluding carboxylic acids is 3. The van der Waals surface area contributed by atoms with Crippen molar-refractivity contribution in [1.82, 2.24) is 15.2 Å². The van der Waals surface area contributed by atoms with E-state index in [4.69, 9.17) is 4.74 Å². The van der Waals surface area contributed by atoms with Crippen LogP contribution < -0.4 is 20.3 Å². The van der Waals surface area contributed by atoms with E-state index in [9.17, 15) is 19.6 Å². The maximum Gasteiger partial charge on any atom is 0.331 e. The van der Waals surface area contributed by atoms with E-state index < -0.39 is 5.91 Å². The number of nitriles is 1. The molecule has 3 aliphatic rings. The molecule has 4 aromatic rings. The van der Waals surface area contributed by atoms with Crippen LogP contribution in [0.2, 0.25) is 0 Å². The fraction of sp³-hybridized carbons (Fsp3) is 0.242. The Hall–Kier alpha value is -5.21. The minimum atomic E-state index is -0.396. The zero-order valence-electron chi connectivity index (χ0n) is 23.9. The smallest absolute Gasteiger partial charge is 0.331 e. The number of pyridine rings is 1. The highest BCUT2D eigenvalue weighted by Crippen LogP contribution is 2.47. The van der Waals surface area contributed by atoms with Crippen LogP contribution in [-0.2, 0) is 4.79 Å². The Kier molecular flexibility index (Phi) is 6.98. The van der Waals surface area contributed by atoms with Crippen molar-refractivity contribution >= 4 is 56.5 Å². The first-order valence-corrected chi connectivity index (χ1v) is 15.3. The first-order chi connectivity index (χ1) is 21.4. The maximum absolute atomic E-state index is 13.8. The van der Waals surface area contributed by atoms with Gasteiger partial charge in [-0.15, -0.1) is 11.3 Å². The van der Waals surface area contributed by atoms with Gasteiger partial charge in [0.05, 0.1) is 22.4 Å². The molecular formula is C33H28N6O4S. The number of urea groups is 1. The van der Waals surface area contributed by atoms with Crippen LogP contribution in [0.5, 0.6) is 11.5 Å². The van der Waals surface area contributed by atoms with E-state index in [-0.39, 0.29) is 23.6 Å². The summed E-state index contributed by atoms with van der Waals surface area (Å²) >= 11 is 1.24. The number of aryl methyl sites for hydroxylation is 1. The predicted molar refractivity (Wildman–Crippen MR) is 167 cm³/mol. The number of carbonyl (C=O) groups is 3. The summed E-state index contributed by atoms with van der Waals surface area (Å²) in [4.78, 5) is 48.9. The summed E-state index contributed by atoms with van der Waals surface area (Å²) in [5.41, 5.74) is 2.75. The van der Waals surface area contributed by atoms with E-state index in [0.717, 1.165) is 24.2 Å². The Morgan fingerprint density at radius 1 is 1.11 bits per heavy atom. The summed E-state index contributed by atoms with van der Waals surface area (Å²) in [6, 6.07) is 18.2. The van der Waals surface area contributed by atoms with Crippen molar-refractivity contribution in [3.63, 3.8) is 0 Å². The molecule has 11 heteroatoms. The van der Waals surface area contributed by atoms with Gasteiger partial charge in [0.15, 0.2) is 0 Å². The van der Waals surface area contributed by atoms with Gasteiger partial charge in [0.25, 0.3) is 11.8 Å². The predicted octanol–water partition coefficient (Wildman–Crippen LogP) is 6.27. The van der Waals surface area contributed by atoms with Crippen LogP contribution in [0.3, 0.4) is 0 Å². The largest absolute Gasteiger partial charge is 0.457 e. The van der Waals surface area contributed by atoms with Crippen LogP contribution in [0.4, 0.5) is 21.9 Å². The molecule has 0 spiro atoms. The minimum Gasteiger partial charge on any atom is -0.457 e. The van der Waals surface area contributed by atoms with Gasteiger partial charge in [0.1, 0.15) is 32.8 Å². The lowest BCUT2D eigenvalue weighted by Gasteiger charge is -2.30. The second-order valence-corrected chi connectivity index (χ2v) is 12.2. The molecule has 0 radical (unpaired) electrons. The summed E-state index contributed by atoms with van der Waals surface area (Å²) in [5.74, 6) is 1.06. The van der Waals surface area contributed by atoms with Crippen LogP contribution in [0.25, 0.3) is 10.2 Å². The van der Waals surface area contributed by atoms with Crippen molar-refractivity contribution < 1.29 is 19.1 Å². The summed E-state index contributed by atoms with van der Waals surface area (Å²) in [7, 11) is 0. The van der Waals surface area contributed by atoms with Crippen molar-refractivity contribution in [1.29, 1.82) is 5.26 Å². The average Bonchev–Trinajstić information content (AvgIpc) is 3.60. The van der Waals surface area contributed by atoms with E-state index in [1.807, 2.05) is 61.5 Å². The summed E-state index contributed by atoms with van der Waals surface area (Å²) in [6.07, 6.45) is 5.96. The van der Waals surface area contributed by atoms with Crippen LogP contribution in [0.1, 0.15) is 34.5 Å². The van der Waals surface area contributed by atoms with Crippen molar-refractivity contribution in [2.45, 2.75) is 32.2 Å². The molecule has 4 heterocycles. The Morgan fingerprint density at radius 2 is 1.93 bits per heavy atom. The molecule has 2 aliphatic heterocycles. The number of nitrogens with one attached hydrogen (secondary N) is 2. The van der Waals surface area contributed by atoms with E-state index in [0.29, 0.717) is 63.3 Å². The number of ether oxygens (including phenoxy) is 1. The normalized spacial score (nSPS) is 17.8. The lowest BCUT2D eigenvalue weighted by atomic mass is 10.1. The summed E-state index contributed by atoms with van der Waals surface area (Å²) in [5, 5.41) is 16.0. The number of hydrogen-bond donors (Lipinski definition) is 2. The summed E-state index contributed by atoms with van der Waals surface area (Å²) in [6.45, 7) is 2.68. The topological polar surface area (TPSA) is 128 Å². The number of amides is 4. The third-order valence-electron chi connectivity index (χ3n) is 8.03. The maximum atomic E-state index is 13.8. The lowest BCUT2D eigenvalue weighted by Crippen LogP contribution is -2.39. The molecule has 0 bridgehead atoms. The average molecular weight is 605 g/mol. The molecular weight excluding hydrogens is 576 g/mol. The number of likely N-dealkylation sites (tertiary alicyclic amines) is 1. The molecule has 10 nitrogen and oxygen atoms in total. The number of thiophene rings is 1. The molecule has 1 aliphatic carbocycles. The highest BCUT2D eigenvalue weighted by atomic mass is 32.1. The number of nitrogens with zero attached hydrogens (tertiary/aromatic N) is 4. The zero-order valence-corrected chi connectivity index (χ0v) is 24.7. The molecule has 1 atom stereocenters. The van der Waals surface area contributed by atoms with Gasteiger partial charge in [-0.3, -0.25) is 14.5 Å². The molecule has 2 N–H and O–H groups in total. The van der Waals surface area contributed by atoms with Crippen molar-refractivity contribution in [3.8, 4) is 17.6 Å². The fourth-order valence-corrected chi connectivity index (χ4v) is 6.76. The minimum absolute atomic E-state index is 0.130. The number of allylic oxidation sites excluding steroid dienone is 1. The van der Waals surface area contributed by atoms with Gasteiger partial charge in [0, 0.05) is 25.3 Å². The standard InChI is InChI=1S/C33H28N6O4S/c1-19-15-24(43-23-5-3-2-4-6-23)9-10-25(19)39-26-11-13-35-31-27(26)28(37-33(39)42)29(44-31)32(41)38-14-12-22(18-38)36-30(40)21(17-34)16-20-7-8-20/h2-6,9-11,13,15-16,20,22H,7-8,12,14,18H2,1H3,(H,36,40)(H,37,42). The van der Waals surface area contributed by atoms with Crippen LogP contribution in [0, 0.1) is 24.2 Å². The van der Waals surface area contributed by atoms with Crippen molar-refractivity contribution in [2.75, 3.05) is 23.3 Å². The molecule has 4 amide bonds. The van der Waals surface area contributed by atoms with Crippen LogP contribution in [0.15, 0.2) is 72.4 Å². The Labute approximate surface area is 257 Å². The van der Waals surface area contributed by atoms with Gasteiger partial charge >= 0.3 is 6.03 Å². The molecule has 2 aromatic heterocycles. The second kappa shape index (κ2) is 11.1. The van der Waals surface area contributed by atoms with Gasteiger partial charge in [0.2, 0.25) is 0 Å². The van der Waals surface area contributed by atoms with Gasteiger partial charge in [-0.2, -0.15) is 5.26 Å². The zero-order chi connectivity index (χ0) is 30.4. The number of aromatic nitrogens is 1. The lowest BCUT2D eigenvalue weighted by molar-refractivity contribution is -0.117. The first-order valence-electron chi connectivity index (χ1n) is 14.5. The molecule has 1 saturated heterocycles. The molecule has 2 fully saturated rings. The third kappa shape index (κ3) is 5.14. The third-order valence-corrected chi connectivity index (χ3v) is 9.11. The number of rotatable bonds is 7. The fourth-order valence-electron chi connectivity index (χ4n) is 5.67. The van der Waals surface area contributed by atoms with Gasteiger partial charge in [-0.1, -0.05) is 24.3 Å². The Balaban J connectivity index is 1.13. The van der Waals surface area contributed by atoms with E-state index in [2.05, 4.69) is 15.6 Å². The van der Waals surface area contributed by atoms with E-state index in [1.165, 1.54) is 11.3 Å². The van der Waals surface area contributed by atoms with Crippen molar-refractivity contribution in [3.05, 3.63) is 82.9 Å². The van der Waals surface area contributed by atoms with Gasteiger partial charge < -0.3 is 20.3 Å². The molecule has 2 aromatic carbocycles. The Bertz CT molecular complexity index is 1890. The highest BCUT2D eigenvalue weighted by Gasteiger charge is 2.36. The SMILES string of the molecule is Cc1cc(Oc2ccccc2)ccc1N1C(=O)Nc2c(C(=O)N3CCC(NC(=O)C(C#N)=CC4CC4)C3)sc3nccc1c23. The molecule has 1 unspecified atom stereocenters. The quantitative estimate of drug-likeness (QED) is 0.189. The monoisotopic (exact) mass is 604 g/mol. The van der Waals surface area contributed by atoms with Crippen molar-refractivity contribution in [2.24, 2.45) is 5.92 Å². The number of anilines is 3. The second-order valence-electron chi connectivity index (χ2n) is 11.2. The number of benzene rings is 2. The van der Waals surface area contributed by atoms with Gasteiger partial charge in [-0.05, 0) is 74.1 Å². The number of hydrogen-bond acceptors (Lipinski definition) is 7.